The smallest absolute Gasteiger partial charge is 0.281 e. The van der Waals surface area contributed by atoms with E-state index in [1.165, 1.54) is 33.1 Å². The van der Waals surface area contributed by atoms with Crippen molar-refractivity contribution in [3.63, 3.8) is 0 Å². The van der Waals surface area contributed by atoms with Gasteiger partial charge >= 0.3 is 0 Å². The molecule has 2 aromatic rings. The molecule has 0 aliphatic carbocycles. The van der Waals surface area contributed by atoms with Crippen molar-refractivity contribution in [2.24, 2.45) is 0 Å². The van der Waals surface area contributed by atoms with Gasteiger partial charge in [-0.3, -0.25) is 10.1 Å². The van der Waals surface area contributed by atoms with Gasteiger partial charge in [0.1, 0.15) is 0 Å². The van der Waals surface area contributed by atoms with Crippen LogP contribution in [0.5, 0.6) is 0 Å². The molecule has 0 atom stereocenters. The topological polar surface area (TPSA) is 49.7 Å². The van der Waals surface area contributed by atoms with E-state index in [-0.39, 0.29) is 5.91 Å². The maximum atomic E-state index is 12.1. The van der Waals surface area contributed by atoms with Gasteiger partial charge in [-0.2, -0.15) is 0 Å². The number of benzene rings is 1. The second-order valence-corrected chi connectivity index (χ2v) is 6.98. The van der Waals surface area contributed by atoms with Crippen LogP contribution in [-0.2, 0) is 4.79 Å². The SMILES string of the molecule is Cc1ccc(C)c(N2CC[NH+](CC(=O)Nc3nccs3)CC2)c1. The summed E-state index contributed by atoms with van der Waals surface area (Å²) in [5.41, 5.74) is 3.94. The largest absolute Gasteiger partial charge is 0.360 e. The molecule has 5 nitrogen and oxygen atoms in total. The Bertz CT molecular complexity index is 663. The highest BCUT2D eigenvalue weighted by atomic mass is 32.1. The van der Waals surface area contributed by atoms with Crippen LogP contribution in [0.1, 0.15) is 11.1 Å². The van der Waals surface area contributed by atoms with E-state index in [4.69, 9.17) is 0 Å². The highest BCUT2D eigenvalue weighted by Crippen LogP contribution is 2.21. The highest BCUT2D eigenvalue weighted by Gasteiger charge is 2.23. The minimum atomic E-state index is 0.0511. The number of carbonyl (C=O) groups is 1. The molecule has 23 heavy (non-hydrogen) atoms. The molecule has 3 rings (SSSR count). The Kier molecular flexibility index (Phi) is 4.93. The van der Waals surface area contributed by atoms with Crippen LogP contribution >= 0.6 is 11.3 Å². The van der Waals surface area contributed by atoms with Gasteiger partial charge in [-0.25, -0.2) is 4.98 Å². The second kappa shape index (κ2) is 7.10. The first-order chi connectivity index (χ1) is 11.1. The summed E-state index contributed by atoms with van der Waals surface area (Å²) in [7, 11) is 0. The molecule has 0 radical (unpaired) electrons. The fourth-order valence-corrected chi connectivity index (χ4v) is 3.52. The van der Waals surface area contributed by atoms with Crippen LogP contribution in [0, 0.1) is 13.8 Å². The third kappa shape index (κ3) is 4.09. The number of anilines is 2. The number of piperazine rings is 1. The van der Waals surface area contributed by atoms with Crippen molar-refractivity contribution >= 4 is 28.1 Å². The number of rotatable bonds is 4. The highest BCUT2D eigenvalue weighted by molar-refractivity contribution is 7.13. The van der Waals surface area contributed by atoms with Crippen molar-refractivity contribution in [2.45, 2.75) is 13.8 Å². The molecule has 1 aliphatic heterocycles. The minimum absolute atomic E-state index is 0.0511. The number of quaternary nitrogens is 1. The third-order valence-electron chi connectivity index (χ3n) is 4.27. The zero-order valence-electron chi connectivity index (χ0n) is 13.6. The standard InChI is InChI=1S/C17H22N4OS/c1-13-3-4-14(2)15(11-13)21-8-6-20(7-9-21)12-16(22)19-17-18-5-10-23-17/h3-5,10-11H,6-9,12H2,1-2H3,(H,18,19,22)/p+1. The van der Waals surface area contributed by atoms with Gasteiger partial charge in [0.25, 0.3) is 5.91 Å². The molecule has 1 aromatic carbocycles. The summed E-state index contributed by atoms with van der Waals surface area (Å²) in [4.78, 5) is 19.9. The Morgan fingerprint density at radius 1 is 1.35 bits per heavy atom. The molecule has 1 saturated heterocycles. The number of thiazole rings is 1. The van der Waals surface area contributed by atoms with Gasteiger partial charge < -0.3 is 9.80 Å². The van der Waals surface area contributed by atoms with Crippen molar-refractivity contribution in [3.05, 3.63) is 40.9 Å². The van der Waals surface area contributed by atoms with E-state index in [9.17, 15) is 4.79 Å². The quantitative estimate of drug-likeness (QED) is 0.882. The van der Waals surface area contributed by atoms with Gasteiger partial charge in [-0.15, -0.1) is 11.3 Å². The molecule has 0 unspecified atom stereocenters. The Morgan fingerprint density at radius 2 is 2.13 bits per heavy atom. The summed E-state index contributed by atoms with van der Waals surface area (Å²) in [5, 5.41) is 5.41. The lowest BCUT2D eigenvalue weighted by Gasteiger charge is -2.34. The summed E-state index contributed by atoms with van der Waals surface area (Å²) >= 11 is 1.45. The van der Waals surface area contributed by atoms with Crippen LogP contribution < -0.4 is 15.1 Å². The zero-order valence-corrected chi connectivity index (χ0v) is 14.4. The third-order valence-corrected chi connectivity index (χ3v) is 4.95. The van der Waals surface area contributed by atoms with Crippen LogP contribution in [0.4, 0.5) is 10.8 Å². The summed E-state index contributed by atoms with van der Waals surface area (Å²) in [5.74, 6) is 0.0511. The molecule has 1 fully saturated rings. The van der Waals surface area contributed by atoms with Crippen molar-refractivity contribution in [1.29, 1.82) is 0 Å². The van der Waals surface area contributed by atoms with Gasteiger partial charge in [-0.1, -0.05) is 12.1 Å². The van der Waals surface area contributed by atoms with E-state index >= 15 is 0 Å². The number of aromatic nitrogens is 1. The first kappa shape index (κ1) is 16.0. The van der Waals surface area contributed by atoms with Crippen molar-refractivity contribution < 1.29 is 9.69 Å². The van der Waals surface area contributed by atoms with Gasteiger partial charge in [-0.05, 0) is 31.0 Å². The Morgan fingerprint density at radius 3 is 2.83 bits per heavy atom. The first-order valence-corrected chi connectivity index (χ1v) is 8.85. The zero-order chi connectivity index (χ0) is 16.2. The average Bonchev–Trinajstić information content (AvgIpc) is 3.03. The van der Waals surface area contributed by atoms with Crippen LogP contribution in [0.3, 0.4) is 0 Å². The van der Waals surface area contributed by atoms with Crippen LogP contribution in [0.15, 0.2) is 29.8 Å². The number of carbonyl (C=O) groups excluding carboxylic acids is 1. The fraction of sp³-hybridized carbons (Fsp3) is 0.412. The van der Waals surface area contributed by atoms with Crippen molar-refractivity contribution in [1.82, 2.24) is 4.98 Å². The number of nitrogens with one attached hydrogen (secondary N) is 2. The predicted molar refractivity (Wildman–Crippen MR) is 94.4 cm³/mol. The summed E-state index contributed by atoms with van der Waals surface area (Å²) < 4.78 is 0. The van der Waals surface area contributed by atoms with E-state index in [0.717, 1.165) is 26.2 Å². The van der Waals surface area contributed by atoms with Crippen molar-refractivity contribution in [2.75, 3.05) is 42.9 Å². The molecule has 122 valence electrons. The van der Waals surface area contributed by atoms with Crippen LogP contribution in [0.25, 0.3) is 0 Å². The Labute approximate surface area is 140 Å². The molecule has 2 N–H and O–H groups in total. The predicted octanol–water partition coefficient (Wildman–Crippen LogP) is 1.10. The maximum Gasteiger partial charge on any atom is 0.281 e. The van der Waals surface area contributed by atoms with Crippen molar-refractivity contribution in [3.8, 4) is 0 Å². The number of hydrogen-bond donors (Lipinski definition) is 2. The number of aryl methyl sites for hydroxylation is 2. The lowest BCUT2D eigenvalue weighted by molar-refractivity contribution is -0.892. The Hall–Kier alpha value is -1.92. The Balaban J connectivity index is 1.52. The normalized spacial score (nSPS) is 15.7. The van der Waals surface area contributed by atoms with E-state index in [0.29, 0.717) is 11.7 Å². The molecule has 1 aromatic heterocycles. The summed E-state index contributed by atoms with van der Waals surface area (Å²) in [6.45, 7) is 8.76. The van der Waals surface area contributed by atoms with Gasteiger partial charge in [0.05, 0.1) is 26.2 Å². The number of hydrogen-bond acceptors (Lipinski definition) is 4. The molecule has 0 bridgehead atoms. The van der Waals surface area contributed by atoms with E-state index in [1.54, 1.807) is 6.20 Å². The molecular formula is C17H23N4OS+. The second-order valence-electron chi connectivity index (χ2n) is 6.09. The molecule has 0 spiro atoms. The maximum absolute atomic E-state index is 12.1. The summed E-state index contributed by atoms with van der Waals surface area (Å²) in [6, 6.07) is 6.60. The number of nitrogens with zero attached hydrogens (tertiary/aromatic N) is 2. The molecule has 6 heteroatoms. The van der Waals surface area contributed by atoms with Gasteiger partial charge in [0.15, 0.2) is 11.7 Å². The molecule has 1 aliphatic rings. The number of amides is 1. The van der Waals surface area contributed by atoms with E-state index in [1.807, 2.05) is 5.38 Å². The first-order valence-electron chi connectivity index (χ1n) is 7.97. The van der Waals surface area contributed by atoms with E-state index in [2.05, 4.69) is 47.2 Å². The fourth-order valence-electron chi connectivity index (χ4n) is 2.98. The monoisotopic (exact) mass is 331 g/mol. The minimum Gasteiger partial charge on any atom is -0.360 e. The average molecular weight is 331 g/mol. The molecule has 1 amide bonds. The van der Waals surface area contributed by atoms with Gasteiger partial charge in [0, 0.05) is 17.3 Å². The lowest BCUT2D eigenvalue weighted by Crippen LogP contribution is -3.15. The molecule has 2 heterocycles. The van der Waals surface area contributed by atoms with Gasteiger partial charge in [0.2, 0.25) is 0 Å². The van der Waals surface area contributed by atoms with Crippen LogP contribution in [0.2, 0.25) is 0 Å². The molecule has 0 saturated carbocycles. The molecular weight excluding hydrogens is 308 g/mol. The lowest BCUT2D eigenvalue weighted by atomic mass is 10.1. The van der Waals surface area contributed by atoms with Crippen LogP contribution in [-0.4, -0.2) is 43.6 Å². The van der Waals surface area contributed by atoms with E-state index < -0.39 is 0 Å². The summed E-state index contributed by atoms with van der Waals surface area (Å²) in [6.07, 6.45) is 1.70.